The summed E-state index contributed by atoms with van der Waals surface area (Å²) in [5, 5.41) is 11.6. The van der Waals surface area contributed by atoms with Crippen LogP contribution in [0.2, 0.25) is 0 Å². The van der Waals surface area contributed by atoms with Crippen molar-refractivity contribution in [3.63, 3.8) is 0 Å². The smallest absolute Gasteiger partial charge is 0.257 e. The van der Waals surface area contributed by atoms with Crippen LogP contribution in [0.3, 0.4) is 0 Å². The summed E-state index contributed by atoms with van der Waals surface area (Å²) < 4.78 is 0.0552. The Hall–Kier alpha value is -0.610. The molecule has 1 fully saturated rings. The molecule has 0 aromatic carbocycles. The van der Waals surface area contributed by atoms with Gasteiger partial charge >= 0.3 is 0 Å². The van der Waals surface area contributed by atoms with Gasteiger partial charge in [-0.1, -0.05) is 0 Å². The van der Waals surface area contributed by atoms with Crippen LogP contribution in [0.25, 0.3) is 0 Å². The van der Waals surface area contributed by atoms with Crippen molar-refractivity contribution in [1.29, 1.82) is 0 Å². The van der Waals surface area contributed by atoms with Crippen LogP contribution in [-0.4, -0.2) is 53.2 Å². The second-order valence-corrected chi connectivity index (χ2v) is 6.13. The van der Waals surface area contributed by atoms with Gasteiger partial charge in [-0.05, 0) is 41.7 Å². The van der Waals surface area contributed by atoms with Gasteiger partial charge in [0, 0.05) is 0 Å². The van der Waals surface area contributed by atoms with Gasteiger partial charge in [0.05, 0.1) is 17.6 Å². The minimum absolute atomic E-state index is 0.0552. The van der Waals surface area contributed by atoms with Crippen LogP contribution in [0, 0.1) is 0 Å². The number of amides is 1. The minimum atomic E-state index is -0.945. The first kappa shape index (κ1) is 13.5. The molecule has 0 spiro atoms. The second-order valence-electron chi connectivity index (χ2n) is 6.13. The molecule has 0 saturated carbocycles. The summed E-state index contributed by atoms with van der Waals surface area (Å²) in [7, 11) is 2.06. The summed E-state index contributed by atoms with van der Waals surface area (Å²) in [4.78, 5) is 13.8. The fourth-order valence-corrected chi connectivity index (χ4v) is 2.64. The third-order valence-electron chi connectivity index (χ3n) is 4.18. The van der Waals surface area contributed by atoms with Gasteiger partial charge in [0.25, 0.3) is 6.09 Å². The number of hydrogen-bond acceptors (Lipinski definition) is 3. The van der Waals surface area contributed by atoms with E-state index < -0.39 is 6.09 Å². The molecule has 0 aromatic heterocycles. The largest absolute Gasteiger partial charge is 0.498 e. The maximum absolute atomic E-state index is 11.6. The van der Waals surface area contributed by atoms with Crippen LogP contribution >= 0.6 is 0 Å². The molecule has 0 radical (unpaired) electrons. The number of likely N-dealkylation sites (N-methyl/N-ethyl adjacent to an activating group) is 1. The third-order valence-corrected chi connectivity index (χ3v) is 4.18. The highest BCUT2D eigenvalue weighted by Gasteiger charge is 2.49. The zero-order valence-electron chi connectivity index (χ0n) is 11.3. The Bertz CT molecular complexity index is 271. The molecule has 1 amide bonds. The molecule has 1 heterocycles. The topological polar surface area (TPSA) is 43.4 Å². The SMILES string of the molecule is C[C@@H]1C[N+](C(=O)[O-])(C(C)(C)C)C[C@H](C)N1C. The Morgan fingerprint density at radius 2 is 1.62 bits per heavy atom. The Morgan fingerprint density at radius 3 is 1.88 bits per heavy atom. The summed E-state index contributed by atoms with van der Waals surface area (Å²) in [6.07, 6.45) is -0.945. The minimum Gasteiger partial charge on any atom is -0.498 e. The molecular formula is C12H24N2O2. The Kier molecular flexibility index (Phi) is 3.37. The van der Waals surface area contributed by atoms with Crippen molar-refractivity contribution in [2.75, 3.05) is 20.1 Å². The van der Waals surface area contributed by atoms with Crippen molar-refractivity contribution in [3.8, 4) is 0 Å². The van der Waals surface area contributed by atoms with Gasteiger partial charge in [-0.2, -0.15) is 0 Å². The van der Waals surface area contributed by atoms with Gasteiger partial charge in [0.1, 0.15) is 13.1 Å². The van der Waals surface area contributed by atoms with Crippen LogP contribution in [-0.2, 0) is 0 Å². The quantitative estimate of drug-likeness (QED) is 0.572. The lowest BCUT2D eigenvalue weighted by Gasteiger charge is -2.55. The maximum Gasteiger partial charge on any atom is 0.257 e. The highest BCUT2D eigenvalue weighted by molar-refractivity contribution is 5.55. The third kappa shape index (κ3) is 1.96. The molecular weight excluding hydrogens is 204 g/mol. The molecule has 1 aliphatic rings. The molecule has 0 aliphatic carbocycles. The molecule has 0 N–H and O–H groups in total. The van der Waals surface area contributed by atoms with Gasteiger partial charge in [-0.15, -0.1) is 0 Å². The highest BCUT2D eigenvalue weighted by atomic mass is 16.4. The molecule has 94 valence electrons. The summed E-state index contributed by atoms with van der Waals surface area (Å²) in [6.45, 7) is 11.3. The predicted octanol–water partition coefficient (Wildman–Crippen LogP) is 0.667. The number of carbonyl (C=O) groups is 1. The van der Waals surface area contributed by atoms with E-state index in [0.29, 0.717) is 13.1 Å². The first-order valence-electron chi connectivity index (χ1n) is 5.92. The molecule has 1 rings (SSSR count). The van der Waals surface area contributed by atoms with Crippen molar-refractivity contribution in [2.24, 2.45) is 0 Å². The van der Waals surface area contributed by atoms with Crippen LogP contribution in [0.15, 0.2) is 0 Å². The van der Waals surface area contributed by atoms with Gasteiger partial charge in [-0.25, -0.2) is 0 Å². The van der Waals surface area contributed by atoms with Gasteiger partial charge in [0.15, 0.2) is 0 Å². The number of hydrogen-bond donors (Lipinski definition) is 0. The molecule has 1 unspecified atom stereocenters. The number of quaternary nitrogens is 1. The zero-order chi connectivity index (χ0) is 12.7. The molecule has 4 nitrogen and oxygen atoms in total. The molecule has 1 aliphatic heterocycles. The van der Waals surface area contributed by atoms with E-state index in [9.17, 15) is 9.90 Å². The fraction of sp³-hybridized carbons (Fsp3) is 0.917. The van der Waals surface area contributed by atoms with Crippen molar-refractivity contribution >= 4 is 6.09 Å². The number of rotatable bonds is 0. The number of carbonyl (C=O) groups excluding carboxylic acids is 1. The summed E-state index contributed by atoms with van der Waals surface area (Å²) in [5.41, 5.74) is -0.317. The molecule has 4 heteroatoms. The average Bonchev–Trinajstić information content (AvgIpc) is 2.11. The number of nitrogens with zero attached hydrogens (tertiary/aromatic N) is 2. The van der Waals surface area contributed by atoms with Crippen molar-refractivity contribution < 1.29 is 14.4 Å². The lowest BCUT2D eigenvalue weighted by Crippen LogP contribution is -2.76. The van der Waals surface area contributed by atoms with Crippen LogP contribution in [0.5, 0.6) is 0 Å². The van der Waals surface area contributed by atoms with Crippen LogP contribution < -0.4 is 5.11 Å². The Labute approximate surface area is 98.4 Å². The van der Waals surface area contributed by atoms with Gasteiger partial charge < -0.3 is 9.90 Å². The van der Waals surface area contributed by atoms with E-state index in [0.717, 1.165) is 0 Å². The van der Waals surface area contributed by atoms with Crippen molar-refractivity contribution in [2.45, 2.75) is 52.2 Å². The van der Waals surface area contributed by atoms with E-state index in [2.05, 4.69) is 25.8 Å². The van der Waals surface area contributed by atoms with Gasteiger partial charge in [-0.3, -0.25) is 9.38 Å². The summed E-state index contributed by atoms with van der Waals surface area (Å²) in [6, 6.07) is 0.529. The monoisotopic (exact) mass is 228 g/mol. The molecule has 1 saturated heterocycles. The first-order chi connectivity index (χ1) is 7.12. The van der Waals surface area contributed by atoms with E-state index >= 15 is 0 Å². The van der Waals surface area contributed by atoms with Crippen molar-refractivity contribution in [3.05, 3.63) is 0 Å². The average molecular weight is 228 g/mol. The normalized spacial score (nSPS) is 37.4. The zero-order valence-corrected chi connectivity index (χ0v) is 11.3. The van der Waals surface area contributed by atoms with E-state index in [-0.39, 0.29) is 22.1 Å². The van der Waals surface area contributed by atoms with Gasteiger partial charge in [0.2, 0.25) is 0 Å². The van der Waals surface area contributed by atoms with E-state index in [1.807, 2.05) is 20.8 Å². The highest BCUT2D eigenvalue weighted by Crippen LogP contribution is 2.31. The lowest BCUT2D eigenvalue weighted by molar-refractivity contribution is -0.928. The summed E-state index contributed by atoms with van der Waals surface area (Å²) >= 11 is 0. The predicted molar refractivity (Wildman–Crippen MR) is 61.8 cm³/mol. The number of carboxylic acid groups (broad SMARTS) is 1. The van der Waals surface area contributed by atoms with Crippen LogP contribution in [0.4, 0.5) is 4.79 Å². The second kappa shape index (κ2) is 4.00. The van der Waals surface area contributed by atoms with Crippen molar-refractivity contribution in [1.82, 2.24) is 4.90 Å². The molecule has 3 atom stereocenters. The summed E-state index contributed by atoms with van der Waals surface area (Å²) in [5.74, 6) is 0. The standard InChI is InChI=1S/C12H24N2O2/c1-9-7-14(11(15)16,12(3,4)5)8-10(2)13(9)6/h9-10H,7-8H2,1-6H3/t9-,10+,14?. The van der Waals surface area contributed by atoms with E-state index in [4.69, 9.17) is 0 Å². The number of piperazine rings is 1. The van der Waals surface area contributed by atoms with E-state index in [1.54, 1.807) is 0 Å². The molecule has 0 aromatic rings. The lowest BCUT2D eigenvalue weighted by atomic mass is 9.95. The Balaban J connectivity index is 3.10. The molecule has 0 bridgehead atoms. The maximum atomic E-state index is 11.6. The van der Waals surface area contributed by atoms with E-state index in [1.165, 1.54) is 0 Å². The fourth-order valence-electron chi connectivity index (χ4n) is 2.64. The molecule has 16 heavy (non-hydrogen) atoms. The first-order valence-corrected chi connectivity index (χ1v) is 5.92. The Morgan fingerprint density at radius 1 is 1.25 bits per heavy atom. The van der Waals surface area contributed by atoms with Crippen LogP contribution in [0.1, 0.15) is 34.6 Å².